The van der Waals surface area contributed by atoms with E-state index < -0.39 is 33.8 Å². The van der Waals surface area contributed by atoms with E-state index in [1.165, 1.54) is 12.1 Å². The van der Waals surface area contributed by atoms with Gasteiger partial charge in [-0.25, -0.2) is 8.42 Å². The minimum Gasteiger partial charge on any atom is -0.491 e. The van der Waals surface area contributed by atoms with Gasteiger partial charge in [-0.2, -0.15) is 13.2 Å². The molecule has 0 saturated heterocycles. The second kappa shape index (κ2) is 10.7. The Morgan fingerprint density at radius 3 is 2.28 bits per heavy atom. The van der Waals surface area contributed by atoms with Crippen LogP contribution in [0.2, 0.25) is 0 Å². The number of carboxylic acid groups (broad SMARTS) is 1. The second-order valence-electron chi connectivity index (χ2n) is 7.44. The van der Waals surface area contributed by atoms with Crippen LogP contribution in [0.4, 0.5) is 18.9 Å². The molecule has 0 aliphatic heterocycles. The van der Waals surface area contributed by atoms with E-state index in [9.17, 15) is 26.4 Å². The van der Waals surface area contributed by atoms with Gasteiger partial charge in [0.15, 0.2) is 0 Å². The van der Waals surface area contributed by atoms with Crippen molar-refractivity contribution < 1.29 is 36.2 Å². The normalized spacial score (nSPS) is 12.1. The van der Waals surface area contributed by atoms with Gasteiger partial charge in [-0.3, -0.25) is 9.10 Å². The largest absolute Gasteiger partial charge is 0.491 e. The Labute approximate surface area is 185 Å². The van der Waals surface area contributed by atoms with Crippen LogP contribution in [0.15, 0.2) is 53.4 Å². The molecule has 0 aliphatic carbocycles. The third-order valence-electron chi connectivity index (χ3n) is 4.59. The molecule has 0 aromatic heterocycles. The average Bonchev–Trinajstić information content (AvgIpc) is 2.70. The minimum atomic E-state index is -4.63. The molecule has 2 aromatic rings. The number of nitrogens with zero attached hydrogens (tertiary/aromatic N) is 1. The molecular weight excluding hydrogens is 447 g/mol. The molecular formula is C22H26F3NO5S. The first kappa shape index (κ1) is 25.5. The Morgan fingerprint density at radius 2 is 1.72 bits per heavy atom. The van der Waals surface area contributed by atoms with E-state index in [4.69, 9.17) is 9.84 Å². The summed E-state index contributed by atoms with van der Waals surface area (Å²) in [5.74, 6) is -1.13. The lowest BCUT2D eigenvalue weighted by atomic mass is 10.1. The van der Waals surface area contributed by atoms with Crippen LogP contribution in [0.3, 0.4) is 0 Å². The van der Waals surface area contributed by atoms with Crippen molar-refractivity contribution in [2.75, 3.05) is 10.9 Å². The number of alkyl halides is 3. The Hall–Kier alpha value is -2.75. The molecule has 0 unspecified atom stereocenters. The first-order valence-electron chi connectivity index (χ1n) is 10.1. The molecule has 0 spiro atoms. The summed E-state index contributed by atoms with van der Waals surface area (Å²) in [6, 6.07) is 9.73. The highest BCUT2D eigenvalue weighted by molar-refractivity contribution is 7.92. The Balaban J connectivity index is 2.39. The van der Waals surface area contributed by atoms with Crippen molar-refractivity contribution in [3.63, 3.8) is 0 Å². The number of ether oxygens (including phenoxy) is 1. The summed E-state index contributed by atoms with van der Waals surface area (Å²) < 4.78 is 73.0. The molecule has 0 aliphatic rings. The number of aliphatic carboxylic acids is 1. The highest BCUT2D eigenvalue weighted by Crippen LogP contribution is 2.39. The van der Waals surface area contributed by atoms with E-state index in [1.54, 1.807) is 32.0 Å². The number of unbranched alkanes of at least 4 members (excludes halogenated alkanes) is 2. The lowest BCUT2D eigenvalue weighted by molar-refractivity contribution is -0.138. The summed E-state index contributed by atoms with van der Waals surface area (Å²) in [6.45, 7) is 3.26. The SMILES string of the molecule is CC(C)N(c1ccc(C(F)(F)F)cc1OCCCCCC(=O)O)S(=O)(=O)c1ccccc1. The molecule has 0 radical (unpaired) electrons. The minimum absolute atomic E-state index is 0.00221. The third kappa shape index (κ3) is 6.62. The van der Waals surface area contributed by atoms with Gasteiger partial charge >= 0.3 is 12.1 Å². The van der Waals surface area contributed by atoms with Crippen LogP contribution in [0.1, 0.15) is 45.1 Å². The van der Waals surface area contributed by atoms with E-state index in [1.807, 2.05) is 0 Å². The van der Waals surface area contributed by atoms with E-state index >= 15 is 0 Å². The van der Waals surface area contributed by atoms with Crippen LogP contribution in [0, 0.1) is 0 Å². The molecule has 10 heteroatoms. The molecule has 0 bridgehead atoms. The van der Waals surface area contributed by atoms with Crippen LogP contribution in [0.5, 0.6) is 5.75 Å². The number of anilines is 1. The number of benzene rings is 2. The zero-order chi connectivity index (χ0) is 23.9. The first-order chi connectivity index (χ1) is 14.9. The van der Waals surface area contributed by atoms with Crippen LogP contribution in [-0.2, 0) is 21.0 Å². The Bertz CT molecular complexity index is 1010. The number of hydrogen-bond donors (Lipinski definition) is 1. The average molecular weight is 474 g/mol. The van der Waals surface area contributed by atoms with Gasteiger partial charge in [0.05, 0.1) is 22.8 Å². The summed E-state index contributed by atoms with van der Waals surface area (Å²) in [5, 5.41) is 8.67. The van der Waals surface area contributed by atoms with Crippen molar-refractivity contribution in [2.45, 2.75) is 56.6 Å². The number of hydrogen-bond acceptors (Lipinski definition) is 4. The number of carbonyl (C=O) groups is 1. The number of rotatable bonds is 11. The topological polar surface area (TPSA) is 83.9 Å². The molecule has 6 nitrogen and oxygen atoms in total. The zero-order valence-corrected chi connectivity index (χ0v) is 18.6. The standard InChI is InChI=1S/C22H26F3NO5S/c1-16(2)26(32(29,30)18-9-5-3-6-10-18)19-13-12-17(22(23,24)25)15-20(19)31-14-8-4-7-11-21(27)28/h3,5-6,9-10,12-13,15-16H,4,7-8,11,14H2,1-2H3,(H,27,28). The van der Waals surface area contributed by atoms with E-state index in [0.717, 1.165) is 22.5 Å². The zero-order valence-electron chi connectivity index (χ0n) is 17.8. The van der Waals surface area contributed by atoms with Gasteiger partial charge in [0.2, 0.25) is 0 Å². The van der Waals surface area contributed by atoms with Gasteiger partial charge in [-0.05, 0) is 63.4 Å². The Morgan fingerprint density at radius 1 is 1.06 bits per heavy atom. The Kier molecular flexibility index (Phi) is 8.54. The van der Waals surface area contributed by atoms with Crippen molar-refractivity contribution in [3.05, 3.63) is 54.1 Å². The van der Waals surface area contributed by atoms with Crippen molar-refractivity contribution >= 4 is 21.7 Å². The van der Waals surface area contributed by atoms with Crippen molar-refractivity contribution in [3.8, 4) is 5.75 Å². The molecule has 0 fully saturated rings. The van der Waals surface area contributed by atoms with E-state index in [0.29, 0.717) is 19.3 Å². The first-order valence-corrected chi connectivity index (χ1v) is 11.5. The monoisotopic (exact) mass is 473 g/mol. The van der Waals surface area contributed by atoms with E-state index in [-0.39, 0.29) is 29.4 Å². The number of carboxylic acids is 1. The van der Waals surface area contributed by atoms with Crippen LogP contribution in [-0.4, -0.2) is 32.1 Å². The van der Waals surface area contributed by atoms with Gasteiger partial charge in [-0.1, -0.05) is 18.2 Å². The van der Waals surface area contributed by atoms with Gasteiger partial charge in [0.1, 0.15) is 5.75 Å². The fourth-order valence-corrected chi connectivity index (χ4v) is 4.81. The quantitative estimate of drug-likeness (QED) is 0.446. The van der Waals surface area contributed by atoms with Gasteiger partial charge in [-0.15, -0.1) is 0 Å². The van der Waals surface area contributed by atoms with Crippen LogP contribution < -0.4 is 9.04 Å². The highest BCUT2D eigenvalue weighted by Gasteiger charge is 2.34. The maximum absolute atomic E-state index is 13.3. The fourth-order valence-electron chi connectivity index (χ4n) is 3.12. The summed E-state index contributed by atoms with van der Waals surface area (Å²) in [5.41, 5.74) is -0.953. The molecule has 0 amide bonds. The molecule has 0 atom stereocenters. The summed E-state index contributed by atoms with van der Waals surface area (Å²) in [7, 11) is -4.07. The van der Waals surface area contributed by atoms with Crippen LogP contribution in [0.25, 0.3) is 0 Å². The summed E-state index contributed by atoms with van der Waals surface area (Å²) in [6.07, 6.45) is -3.30. The molecule has 32 heavy (non-hydrogen) atoms. The predicted octanol–water partition coefficient (Wildman–Crippen LogP) is 5.33. The van der Waals surface area contributed by atoms with Gasteiger partial charge < -0.3 is 9.84 Å². The lowest BCUT2D eigenvalue weighted by Gasteiger charge is -2.30. The maximum Gasteiger partial charge on any atom is 0.416 e. The third-order valence-corrected chi connectivity index (χ3v) is 6.59. The summed E-state index contributed by atoms with van der Waals surface area (Å²) in [4.78, 5) is 10.6. The number of sulfonamides is 1. The molecule has 2 rings (SSSR count). The second-order valence-corrected chi connectivity index (χ2v) is 9.26. The summed E-state index contributed by atoms with van der Waals surface area (Å²) >= 11 is 0. The molecule has 0 heterocycles. The van der Waals surface area contributed by atoms with Gasteiger partial charge in [0.25, 0.3) is 10.0 Å². The molecule has 176 valence electrons. The van der Waals surface area contributed by atoms with Crippen molar-refractivity contribution in [2.24, 2.45) is 0 Å². The predicted molar refractivity (Wildman–Crippen MR) is 114 cm³/mol. The highest BCUT2D eigenvalue weighted by atomic mass is 32.2. The maximum atomic E-state index is 13.3. The van der Waals surface area contributed by atoms with E-state index in [2.05, 4.69) is 0 Å². The number of halogens is 3. The smallest absolute Gasteiger partial charge is 0.416 e. The fraction of sp³-hybridized carbons (Fsp3) is 0.409. The van der Waals surface area contributed by atoms with Crippen molar-refractivity contribution in [1.29, 1.82) is 0 Å². The van der Waals surface area contributed by atoms with Crippen molar-refractivity contribution in [1.82, 2.24) is 0 Å². The van der Waals surface area contributed by atoms with Crippen LogP contribution >= 0.6 is 0 Å². The molecule has 0 saturated carbocycles. The van der Waals surface area contributed by atoms with Gasteiger partial charge in [0, 0.05) is 12.5 Å². The molecule has 2 aromatic carbocycles. The lowest BCUT2D eigenvalue weighted by Crippen LogP contribution is -2.37. The molecule has 1 N–H and O–H groups in total.